The highest BCUT2D eigenvalue weighted by Crippen LogP contribution is 2.30. The second-order valence-electron chi connectivity index (χ2n) is 3.74. The molecule has 0 aliphatic rings. The molecule has 10 heteroatoms. The van der Waals surface area contributed by atoms with E-state index in [-0.39, 0.29) is 12.4 Å². The molecule has 1 unspecified atom stereocenters. The van der Waals surface area contributed by atoms with Crippen molar-refractivity contribution >= 4 is 5.82 Å². The lowest BCUT2D eigenvalue weighted by molar-refractivity contribution is -0.190. The first-order valence-electron chi connectivity index (χ1n) is 5.47. The van der Waals surface area contributed by atoms with Crippen LogP contribution in [0.1, 0.15) is 19.7 Å². The van der Waals surface area contributed by atoms with Gasteiger partial charge in [0.1, 0.15) is 5.82 Å². The van der Waals surface area contributed by atoms with Gasteiger partial charge < -0.3 is 10.1 Å². The second-order valence-corrected chi connectivity index (χ2v) is 3.74. The van der Waals surface area contributed by atoms with Crippen LogP contribution in [-0.4, -0.2) is 28.8 Å². The van der Waals surface area contributed by atoms with Crippen LogP contribution < -0.4 is 10.1 Å². The zero-order chi connectivity index (χ0) is 15.6. The molecular weight excluding hydrogens is 292 g/mol. The fourth-order valence-electron chi connectivity index (χ4n) is 1.13. The van der Waals surface area contributed by atoms with Crippen molar-refractivity contribution in [2.24, 2.45) is 0 Å². The maximum atomic E-state index is 12.5. The Morgan fingerprint density at radius 3 is 2.25 bits per heavy atom. The number of nitrogens with one attached hydrogen (secondary N) is 1. The summed E-state index contributed by atoms with van der Waals surface area (Å²) >= 11 is 0. The molecule has 0 fully saturated rings. The average molecular weight is 303 g/mol. The Bertz CT molecular complexity index is 459. The van der Waals surface area contributed by atoms with E-state index in [1.807, 2.05) is 0 Å². The van der Waals surface area contributed by atoms with Crippen molar-refractivity contribution in [1.29, 1.82) is 0 Å². The van der Waals surface area contributed by atoms with Gasteiger partial charge in [-0.1, -0.05) is 0 Å². The Morgan fingerprint density at radius 2 is 1.80 bits per heavy atom. The number of nitrogens with zero attached hydrogens (tertiary/aromatic N) is 2. The minimum Gasteiger partial charge on any atom is -0.465 e. The summed E-state index contributed by atoms with van der Waals surface area (Å²) in [5.74, 6) is -2.63. The van der Waals surface area contributed by atoms with E-state index in [0.717, 1.165) is 6.07 Å². The Hall–Kier alpha value is -1.74. The molecule has 4 nitrogen and oxygen atoms in total. The lowest BCUT2D eigenvalue weighted by Crippen LogP contribution is -2.31. The number of aromatic nitrogens is 2. The fourth-order valence-corrected chi connectivity index (χ4v) is 1.13. The molecule has 1 aromatic heterocycles. The summed E-state index contributed by atoms with van der Waals surface area (Å²) < 4.78 is 78.9. The van der Waals surface area contributed by atoms with Crippen LogP contribution in [0.5, 0.6) is 5.88 Å². The highest BCUT2D eigenvalue weighted by Gasteiger charge is 2.40. The Labute approximate surface area is 110 Å². The number of rotatable bonds is 4. The van der Waals surface area contributed by atoms with Crippen molar-refractivity contribution in [3.05, 3.63) is 11.9 Å². The van der Waals surface area contributed by atoms with Crippen molar-refractivity contribution in [2.75, 3.05) is 11.9 Å². The fraction of sp³-hybridized carbons (Fsp3) is 0.600. The molecule has 1 rings (SSSR count). The first-order chi connectivity index (χ1) is 9.04. The van der Waals surface area contributed by atoms with Gasteiger partial charge >= 0.3 is 12.4 Å². The predicted molar refractivity (Wildman–Crippen MR) is 57.3 cm³/mol. The molecule has 1 heterocycles. The largest absolute Gasteiger partial charge is 0.465 e. The molecular formula is C10H11F6N3O. The van der Waals surface area contributed by atoms with Gasteiger partial charge in [-0.15, -0.1) is 0 Å². The summed E-state index contributed by atoms with van der Waals surface area (Å²) in [6.07, 6.45) is -11.9. The first kappa shape index (κ1) is 16.3. The lowest BCUT2D eigenvalue weighted by atomic mass is 10.4. The second kappa shape index (κ2) is 5.71. The molecule has 114 valence electrons. The van der Waals surface area contributed by atoms with Gasteiger partial charge in [-0.25, -0.2) is 4.98 Å². The van der Waals surface area contributed by atoms with E-state index in [2.05, 4.69) is 20.0 Å². The van der Waals surface area contributed by atoms with E-state index in [9.17, 15) is 26.3 Å². The van der Waals surface area contributed by atoms with Gasteiger partial charge in [-0.2, -0.15) is 31.3 Å². The normalized spacial score (nSPS) is 14.0. The molecule has 20 heavy (non-hydrogen) atoms. The highest BCUT2D eigenvalue weighted by molar-refractivity contribution is 5.38. The number of alkyl halides is 6. The van der Waals surface area contributed by atoms with Crippen molar-refractivity contribution in [2.45, 2.75) is 32.3 Å². The van der Waals surface area contributed by atoms with Crippen LogP contribution in [0.15, 0.2) is 6.07 Å². The number of hydrogen-bond donors (Lipinski definition) is 1. The van der Waals surface area contributed by atoms with Gasteiger partial charge in [0.2, 0.25) is 11.7 Å². The van der Waals surface area contributed by atoms with Gasteiger partial charge in [0.25, 0.3) is 0 Å². The smallest absolute Gasteiger partial charge is 0.451 e. The zero-order valence-electron chi connectivity index (χ0n) is 10.4. The standard InChI is InChI=1S/C10H11F6N3O/c1-3-17-6-4-7(20-5(2)9(11,12)13)19-8(18-6)10(14,15)16/h4-5H,3H2,1-2H3,(H,17,18,19). The SMILES string of the molecule is CCNc1cc(OC(C)C(F)(F)F)nc(C(F)(F)F)n1. The Morgan fingerprint density at radius 1 is 1.20 bits per heavy atom. The molecule has 0 aliphatic heterocycles. The Balaban J connectivity index is 3.09. The maximum absolute atomic E-state index is 12.5. The van der Waals surface area contributed by atoms with Crippen LogP contribution in [0.2, 0.25) is 0 Å². The molecule has 0 spiro atoms. The molecule has 1 atom stereocenters. The molecule has 0 saturated carbocycles. The molecule has 0 amide bonds. The minimum absolute atomic E-state index is 0.239. The summed E-state index contributed by atoms with van der Waals surface area (Å²) in [5.41, 5.74) is 0. The number of hydrogen-bond acceptors (Lipinski definition) is 4. The summed E-state index contributed by atoms with van der Waals surface area (Å²) in [6.45, 7) is 2.50. The number of ether oxygens (including phenoxy) is 1. The quantitative estimate of drug-likeness (QED) is 0.867. The van der Waals surface area contributed by atoms with Crippen molar-refractivity contribution < 1.29 is 31.1 Å². The predicted octanol–water partition coefficient (Wildman–Crippen LogP) is 3.26. The maximum Gasteiger partial charge on any atom is 0.451 e. The van der Waals surface area contributed by atoms with Gasteiger partial charge in [-0.05, 0) is 13.8 Å². The molecule has 1 aromatic rings. The molecule has 1 N–H and O–H groups in total. The van der Waals surface area contributed by atoms with Crippen LogP contribution in [-0.2, 0) is 6.18 Å². The van der Waals surface area contributed by atoms with E-state index in [4.69, 9.17) is 0 Å². The average Bonchev–Trinajstić information content (AvgIpc) is 2.26. The third-order valence-corrected chi connectivity index (χ3v) is 2.07. The van der Waals surface area contributed by atoms with Crippen LogP contribution in [0.3, 0.4) is 0 Å². The van der Waals surface area contributed by atoms with E-state index in [0.29, 0.717) is 6.92 Å². The van der Waals surface area contributed by atoms with Crippen LogP contribution in [0.4, 0.5) is 32.2 Å². The van der Waals surface area contributed by atoms with E-state index in [1.165, 1.54) is 0 Å². The van der Waals surface area contributed by atoms with E-state index < -0.39 is 30.2 Å². The summed E-state index contributed by atoms with van der Waals surface area (Å²) in [6, 6.07) is 0.876. The van der Waals surface area contributed by atoms with Crippen LogP contribution >= 0.6 is 0 Å². The van der Waals surface area contributed by atoms with Crippen molar-refractivity contribution in [3.8, 4) is 5.88 Å². The van der Waals surface area contributed by atoms with Gasteiger partial charge in [0.15, 0.2) is 6.10 Å². The lowest BCUT2D eigenvalue weighted by Gasteiger charge is -2.18. The summed E-state index contributed by atoms with van der Waals surface area (Å²) in [4.78, 5) is 6.10. The van der Waals surface area contributed by atoms with E-state index in [1.54, 1.807) is 6.92 Å². The van der Waals surface area contributed by atoms with Crippen molar-refractivity contribution in [1.82, 2.24) is 9.97 Å². The zero-order valence-corrected chi connectivity index (χ0v) is 10.4. The number of anilines is 1. The Kier molecular flexibility index (Phi) is 4.66. The highest BCUT2D eigenvalue weighted by atomic mass is 19.4. The van der Waals surface area contributed by atoms with Gasteiger partial charge in [-0.3, -0.25) is 0 Å². The minimum atomic E-state index is -4.88. The van der Waals surface area contributed by atoms with Crippen molar-refractivity contribution in [3.63, 3.8) is 0 Å². The van der Waals surface area contributed by atoms with Gasteiger partial charge in [0.05, 0.1) is 0 Å². The first-order valence-corrected chi connectivity index (χ1v) is 5.47. The topological polar surface area (TPSA) is 47.0 Å². The molecule has 0 bridgehead atoms. The third-order valence-electron chi connectivity index (χ3n) is 2.07. The van der Waals surface area contributed by atoms with Gasteiger partial charge in [0, 0.05) is 12.6 Å². The molecule has 0 aliphatic carbocycles. The molecule has 0 saturated heterocycles. The van der Waals surface area contributed by atoms with Crippen LogP contribution in [0.25, 0.3) is 0 Å². The third kappa shape index (κ3) is 4.42. The summed E-state index contributed by atoms with van der Waals surface area (Å²) in [5, 5.41) is 2.46. The number of halogens is 6. The molecule has 0 radical (unpaired) electrons. The van der Waals surface area contributed by atoms with Crippen LogP contribution in [0, 0.1) is 0 Å². The van der Waals surface area contributed by atoms with E-state index >= 15 is 0 Å². The monoisotopic (exact) mass is 303 g/mol. The molecule has 0 aromatic carbocycles. The summed E-state index contributed by atoms with van der Waals surface area (Å²) in [7, 11) is 0.